The van der Waals surface area contributed by atoms with Crippen molar-refractivity contribution in [3.63, 3.8) is 0 Å². The van der Waals surface area contributed by atoms with E-state index in [-0.39, 0.29) is 0 Å². The first-order valence-electron chi connectivity index (χ1n) is 3.07. The van der Waals surface area contributed by atoms with E-state index in [1.54, 1.807) is 5.57 Å². The molecule has 46 valence electrons. The van der Waals surface area contributed by atoms with Gasteiger partial charge in [0.1, 0.15) is 0 Å². The van der Waals surface area contributed by atoms with Crippen LogP contribution >= 0.6 is 0 Å². The molecule has 1 saturated carbocycles. The van der Waals surface area contributed by atoms with Gasteiger partial charge in [-0.2, -0.15) is 0 Å². The second-order valence-electron chi connectivity index (χ2n) is 1.80. The molecule has 0 amide bonds. The lowest BCUT2D eigenvalue weighted by Crippen LogP contribution is -1.94. The molecular weight excluding hydrogens is 96.1 g/mol. The molecule has 1 aliphatic carbocycles. The summed E-state index contributed by atoms with van der Waals surface area (Å²) in [6.45, 7) is 8.12. The monoisotopic (exact) mass is 110 g/mol. The molecule has 0 N–H and O–H groups in total. The van der Waals surface area contributed by atoms with Crippen LogP contribution < -0.4 is 0 Å². The Bertz CT molecular complexity index is 74.0. The highest BCUT2D eigenvalue weighted by Crippen LogP contribution is 2.24. The molecule has 0 bridgehead atoms. The molecule has 0 spiro atoms. The third kappa shape index (κ3) is 1.97. The van der Waals surface area contributed by atoms with Crippen molar-refractivity contribution in [1.82, 2.24) is 0 Å². The summed E-state index contributed by atoms with van der Waals surface area (Å²) < 4.78 is 0. The SMILES string of the molecule is C=C.CC=C1CCC1. The largest absolute Gasteiger partial charge is 0.106 e. The van der Waals surface area contributed by atoms with Crippen LogP contribution in [0.1, 0.15) is 26.2 Å². The molecule has 0 unspecified atom stereocenters. The van der Waals surface area contributed by atoms with Gasteiger partial charge in [-0.1, -0.05) is 11.6 Å². The van der Waals surface area contributed by atoms with Gasteiger partial charge in [0.15, 0.2) is 0 Å². The van der Waals surface area contributed by atoms with E-state index in [4.69, 9.17) is 0 Å². The lowest BCUT2D eigenvalue weighted by atomic mass is 9.93. The van der Waals surface area contributed by atoms with Gasteiger partial charge in [-0.15, -0.1) is 13.2 Å². The average molecular weight is 110 g/mol. The van der Waals surface area contributed by atoms with Crippen LogP contribution in [0.2, 0.25) is 0 Å². The van der Waals surface area contributed by atoms with Gasteiger partial charge in [0.2, 0.25) is 0 Å². The Labute approximate surface area is 51.9 Å². The van der Waals surface area contributed by atoms with Crippen molar-refractivity contribution in [2.75, 3.05) is 0 Å². The van der Waals surface area contributed by atoms with Gasteiger partial charge < -0.3 is 0 Å². The zero-order valence-electron chi connectivity index (χ0n) is 5.61. The molecule has 0 aromatic heterocycles. The summed E-state index contributed by atoms with van der Waals surface area (Å²) in [6.07, 6.45) is 6.40. The van der Waals surface area contributed by atoms with Crippen molar-refractivity contribution in [2.24, 2.45) is 0 Å². The maximum atomic E-state index is 3.00. The first-order valence-corrected chi connectivity index (χ1v) is 3.07. The predicted octanol–water partition coefficient (Wildman–Crippen LogP) is 2.92. The summed E-state index contributed by atoms with van der Waals surface area (Å²) >= 11 is 0. The summed E-state index contributed by atoms with van der Waals surface area (Å²) in [5, 5.41) is 0. The Morgan fingerprint density at radius 2 is 1.88 bits per heavy atom. The Hall–Kier alpha value is -0.520. The average Bonchev–Trinajstić information content (AvgIpc) is 1.69. The second-order valence-corrected chi connectivity index (χ2v) is 1.80. The molecule has 0 heteroatoms. The van der Waals surface area contributed by atoms with Crippen molar-refractivity contribution >= 4 is 0 Å². The molecule has 1 rings (SSSR count). The minimum Gasteiger partial charge on any atom is -0.106 e. The zero-order valence-corrected chi connectivity index (χ0v) is 5.61. The molecule has 0 radical (unpaired) electrons. The van der Waals surface area contributed by atoms with Crippen LogP contribution in [0.5, 0.6) is 0 Å². The predicted molar refractivity (Wildman–Crippen MR) is 38.9 cm³/mol. The minimum absolute atomic E-state index is 1.37. The van der Waals surface area contributed by atoms with Gasteiger partial charge in [-0.25, -0.2) is 0 Å². The van der Waals surface area contributed by atoms with Gasteiger partial charge in [-0.3, -0.25) is 0 Å². The normalized spacial score (nSPS) is 15.4. The summed E-state index contributed by atoms with van der Waals surface area (Å²) in [4.78, 5) is 0. The quantitative estimate of drug-likeness (QED) is 0.420. The van der Waals surface area contributed by atoms with Gasteiger partial charge in [0.05, 0.1) is 0 Å². The molecule has 0 aromatic carbocycles. The Morgan fingerprint density at radius 1 is 1.38 bits per heavy atom. The fraction of sp³-hybridized carbons (Fsp3) is 0.500. The van der Waals surface area contributed by atoms with Crippen molar-refractivity contribution in [2.45, 2.75) is 26.2 Å². The third-order valence-electron chi connectivity index (χ3n) is 1.40. The fourth-order valence-corrected chi connectivity index (χ4v) is 0.670. The highest BCUT2D eigenvalue weighted by Gasteiger charge is 2.04. The maximum Gasteiger partial charge on any atom is -0.0317 e. The minimum atomic E-state index is 1.37. The van der Waals surface area contributed by atoms with E-state index < -0.39 is 0 Å². The number of rotatable bonds is 0. The molecule has 0 nitrogen and oxygen atoms in total. The Kier molecular flexibility index (Phi) is 4.33. The first-order chi connectivity index (χ1) is 3.93. The van der Waals surface area contributed by atoms with Crippen LogP contribution in [0.25, 0.3) is 0 Å². The van der Waals surface area contributed by atoms with Crippen LogP contribution in [0.3, 0.4) is 0 Å². The van der Waals surface area contributed by atoms with Crippen LogP contribution in [0.15, 0.2) is 24.8 Å². The molecule has 0 aromatic rings. The van der Waals surface area contributed by atoms with E-state index in [2.05, 4.69) is 26.2 Å². The summed E-state index contributed by atoms with van der Waals surface area (Å²) in [5.74, 6) is 0. The van der Waals surface area contributed by atoms with Crippen molar-refractivity contribution in [3.8, 4) is 0 Å². The highest BCUT2D eigenvalue weighted by atomic mass is 14.1. The third-order valence-corrected chi connectivity index (χ3v) is 1.40. The van der Waals surface area contributed by atoms with E-state index in [0.29, 0.717) is 0 Å². The summed E-state index contributed by atoms with van der Waals surface area (Å²) in [5.41, 5.74) is 1.65. The molecule has 0 aliphatic heterocycles. The van der Waals surface area contributed by atoms with Crippen LogP contribution in [-0.2, 0) is 0 Å². The number of allylic oxidation sites excluding steroid dienone is 2. The van der Waals surface area contributed by atoms with Gasteiger partial charge >= 0.3 is 0 Å². The number of hydrogen-bond acceptors (Lipinski definition) is 0. The molecule has 1 aliphatic rings. The zero-order chi connectivity index (χ0) is 6.41. The Morgan fingerprint density at radius 3 is 1.88 bits per heavy atom. The molecule has 0 atom stereocenters. The molecular formula is C8H14. The van der Waals surface area contributed by atoms with E-state index in [1.807, 2.05) is 0 Å². The highest BCUT2D eigenvalue weighted by molar-refractivity contribution is 5.07. The molecule has 8 heavy (non-hydrogen) atoms. The molecule has 0 saturated heterocycles. The Balaban J connectivity index is 0.000000222. The van der Waals surface area contributed by atoms with Gasteiger partial charge in [-0.05, 0) is 26.2 Å². The first kappa shape index (κ1) is 7.48. The lowest BCUT2D eigenvalue weighted by Gasteiger charge is -2.13. The van der Waals surface area contributed by atoms with E-state index in [0.717, 1.165) is 0 Å². The van der Waals surface area contributed by atoms with Crippen molar-refractivity contribution in [3.05, 3.63) is 24.8 Å². The van der Waals surface area contributed by atoms with E-state index in [1.165, 1.54) is 19.3 Å². The van der Waals surface area contributed by atoms with Crippen LogP contribution in [0, 0.1) is 0 Å². The van der Waals surface area contributed by atoms with Crippen LogP contribution in [0.4, 0.5) is 0 Å². The topological polar surface area (TPSA) is 0 Å². The van der Waals surface area contributed by atoms with Crippen molar-refractivity contribution < 1.29 is 0 Å². The van der Waals surface area contributed by atoms with E-state index >= 15 is 0 Å². The van der Waals surface area contributed by atoms with Crippen LogP contribution in [-0.4, -0.2) is 0 Å². The van der Waals surface area contributed by atoms with Gasteiger partial charge in [0, 0.05) is 0 Å². The summed E-state index contributed by atoms with van der Waals surface area (Å²) in [6, 6.07) is 0. The van der Waals surface area contributed by atoms with Gasteiger partial charge in [0.25, 0.3) is 0 Å². The molecule has 0 heterocycles. The standard InChI is InChI=1S/C6H10.C2H4/c1-2-6-4-3-5-6;1-2/h2H,3-5H2,1H3;1-2H2. The van der Waals surface area contributed by atoms with Crippen molar-refractivity contribution in [1.29, 1.82) is 0 Å². The number of hydrogen-bond donors (Lipinski definition) is 0. The smallest absolute Gasteiger partial charge is 0.0317 e. The van der Waals surface area contributed by atoms with E-state index in [9.17, 15) is 0 Å². The lowest BCUT2D eigenvalue weighted by molar-refractivity contribution is 0.661. The second kappa shape index (κ2) is 4.63. The fourth-order valence-electron chi connectivity index (χ4n) is 0.670. The summed E-state index contributed by atoms with van der Waals surface area (Å²) in [7, 11) is 0. The maximum absolute atomic E-state index is 3.00. The molecule has 1 fully saturated rings.